The van der Waals surface area contributed by atoms with Gasteiger partial charge in [0.05, 0.1) is 4.90 Å². The van der Waals surface area contributed by atoms with Crippen LogP contribution < -0.4 is 4.90 Å². The van der Waals surface area contributed by atoms with Gasteiger partial charge in [-0.2, -0.15) is 8.68 Å². The summed E-state index contributed by atoms with van der Waals surface area (Å²) in [5.41, 5.74) is 2.75. The number of nitrogens with zero attached hydrogens (tertiary/aromatic N) is 4. The number of piperazine rings is 1. The summed E-state index contributed by atoms with van der Waals surface area (Å²) in [7, 11) is -1.93. The fourth-order valence-electron chi connectivity index (χ4n) is 3.60. The quantitative estimate of drug-likeness (QED) is 0.714. The number of methoxy groups -OCH3 is 1. The molecule has 2 heterocycles. The molecule has 0 N–H and O–H groups in total. The molecule has 160 valence electrons. The van der Waals surface area contributed by atoms with Crippen LogP contribution in [0.3, 0.4) is 0 Å². The van der Waals surface area contributed by atoms with E-state index in [0.717, 1.165) is 21.8 Å². The molecule has 1 aliphatic rings. The van der Waals surface area contributed by atoms with E-state index in [9.17, 15) is 8.42 Å². The van der Waals surface area contributed by atoms with Crippen LogP contribution in [-0.4, -0.2) is 55.4 Å². The van der Waals surface area contributed by atoms with Crippen molar-refractivity contribution in [3.63, 3.8) is 0 Å². The highest BCUT2D eigenvalue weighted by molar-refractivity contribution is 7.89. The minimum absolute atomic E-state index is 0.0210. The number of rotatable bonds is 5. The normalized spacial score (nSPS) is 16.4. The summed E-state index contributed by atoms with van der Waals surface area (Å²) in [5, 5.41) is 0.816. The van der Waals surface area contributed by atoms with Crippen molar-refractivity contribution in [1.82, 2.24) is 13.7 Å². The van der Waals surface area contributed by atoms with E-state index in [1.165, 1.54) is 11.5 Å². The van der Waals surface area contributed by atoms with Gasteiger partial charge in [0, 0.05) is 44.8 Å². The summed E-state index contributed by atoms with van der Waals surface area (Å²) in [6.07, 6.45) is 0. The zero-order valence-electron chi connectivity index (χ0n) is 18.0. The van der Waals surface area contributed by atoms with Crippen LogP contribution >= 0.6 is 11.5 Å². The molecule has 9 heteroatoms. The number of benzene rings is 1. The zero-order chi connectivity index (χ0) is 21.4. The van der Waals surface area contributed by atoms with Crippen molar-refractivity contribution >= 4 is 26.7 Å². The minimum Gasteiger partial charge on any atom is -0.377 e. The second kappa shape index (κ2) is 8.29. The predicted octanol–water partition coefficient (Wildman–Crippen LogP) is 3.11. The monoisotopic (exact) mass is 438 g/mol. The Hall–Kier alpha value is -1.55. The Balaban J connectivity index is 1.78. The first-order chi connectivity index (χ1) is 13.5. The van der Waals surface area contributed by atoms with Gasteiger partial charge in [-0.1, -0.05) is 32.9 Å². The van der Waals surface area contributed by atoms with Gasteiger partial charge in [0.25, 0.3) is 0 Å². The average molecular weight is 439 g/mol. The van der Waals surface area contributed by atoms with Gasteiger partial charge in [-0.05, 0) is 36.0 Å². The van der Waals surface area contributed by atoms with Crippen molar-refractivity contribution in [2.75, 3.05) is 38.2 Å². The Morgan fingerprint density at radius 2 is 1.69 bits per heavy atom. The lowest BCUT2D eigenvalue weighted by Crippen LogP contribution is -2.49. The molecule has 7 nitrogen and oxygen atoms in total. The number of sulfonamides is 1. The molecule has 1 aromatic carbocycles. The SMILES string of the molecule is COCc1nsc(N2CCN(S(=O)(=O)c3c(C)cc(C(C)(C)C)cc3C)CC2)n1. The molecule has 0 spiro atoms. The fraction of sp³-hybridized carbons (Fsp3) is 0.600. The van der Waals surface area contributed by atoms with E-state index in [1.807, 2.05) is 26.0 Å². The number of aryl methyl sites for hydroxylation is 2. The number of ether oxygens (including phenoxy) is 1. The number of hydrogen-bond acceptors (Lipinski definition) is 7. The second-order valence-electron chi connectivity index (χ2n) is 8.51. The van der Waals surface area contributed by atoms with Crippen LogP contribution in [0.25, 0.3) is 0 Å². The Morgan fingerprint density at radius 3 is 2.21 bits per heavy atom. The van der Waals surface area contributed by atoms with Crippen LogP contribution in [0.2, 0.25) is 0 Å². The van der Waals surface area contributed by atoms with Crippen LogP contribution in [0.15, 0.2) is 17.0 Å². The van der Waals surface area contributed by atoms with Crippen LogP contribution in [0.1, 0.15) is 43.3 Å². The molecule has 0 radical (unpaired) electrons. The van der Waals surface area contributed by atoms with Crippen molar-refractivity contribution in [3.8, 4) is 0 Å². The van der Waals surface area contributed by atoms with Crippen molar-refractivity contribution in [3.05, 3.63) is 34.6 Å². The molecular formula is C20H30N4O3S2. The Morgan fingerprint density at radius 1 is 1.10 bits per heavy atom. The Labute approximate surface area is 177 Å². The maximum atomic E-state index is 13.4. The number of aromatic nitrogens is 2. The molecule has 0 atom stereocenters. The van der Waals surface area contributed by atoms with Crippen molar-refractivity contribution < 1.29 is 13.2 Å². The van der Waals surface area contributed by atoms with Gasteiger partial charge in [0.2, 0.25) is 15.2 Å². The van der Waals surface area contributed by atoms with E-state index >= 15 is 0 Å². The second-order valence-corrected chi connectivity index (χ2v) is 11.1. The third kappa shape index (κ3) is 4.63. The molecule has 0 amide bonds. The van der Waals surface area contributed by atoms with Gasteiger partial charge < -0.3 is 9.64 Å². The van der Waals surface area contributed by atoms with Crippen LogP contribution in [0, 0.1) is 13.8 Å². The van der Waals surface area contributed by atoms with Crippen LogP contribution in [-0.2, 0) is 26.8 Å². The minimum atomic E-state index is -3.54. The maximum absolute atomic E-state index is 13.4. The lowest BCUT2D eigenvalue weighted by molar-refractivity contribution is 0.179. The summed E-state index contributed by atoms with van der Waals surface area (Å²) >= 11 is 1.33. The molecule has 1 aliphatic heterocycles. The van der Waals surface area contributed by atoms with Crippen molar-refractivity contribution in [1.29, 1.82) is 0 Å². The van der Waals surface area contributed by atoms with E-state index in [1.54, 1.807) is 11.4 Å². The summed E-state index contributed by atoms with van der Waals surface area (Å²) < 4.78 is 37.7. The lowest BCUT2D eigenvalue weighted by Gasteiger charge is -2.34. The molecule has 1 aromatic heterocycles. The highest BCUT2D eigenvalue weighted by atomic mass is 32.2. The molecule has 1 saturated heterocycles. The van der Waals surface area contributed by atoms with Gasteiger partial charge in [-0.25, -0.2) is 13.4 Å². The van der Waals surface area contributed by atoms with Gasteiger partial charge in [0.15, 0.2) is 5.82 Å². The van der Waals surface area contributed by atoms with E-state index in [2.05, 4.69) is 35.0 Å². The lowest BCUT2D eigenvalue weighted by atomic mass is 9.85. The maximum Gasteiger partial charge on any atom is 0.243 e. The fourth-order valence-corrected chi connectivity index (χ4v) is 6.16. The standard InChI is InChI=1S/C20H30N4O3S2/c1-14-11-16(20(3,4)5)12-15(2)18(14)29(25,26)24-9-7-23(8-10-24)19-21-17(13-27-6)22-28-19/h11-12H,7-10,13H2,1-6H3. The Bertz CT molecular complexity index is 949. The zero-order valence-corrected chi connectivity index (χ0v) is 19.7. The molecule has 3 rings (SSSR count). The first-order valence-corrected chi connectivity index (χ1v) is 11.9. The van der Waals surface area contributed by atoms with E-state index < -0.39 is 10.0 Å². The van der Waals surface area contributed by atoms with Crippen molar-refractivity contribution in [2.24, 2.45) is 0 Å². The first-order valence-electron chi connectivity index (χ1n) is 9.72. The first kappa shape index (κ1) is 22.1. The smallest absolute Gasteiger partial charge is 0.243 e. The summed E-state index contributed by atoms with van der Waals surface area (Å²) in [6, 6.07) is 4.02. The van der Waals surface area contributed by atoms with Crippen molar-refractivity contribution in [2.45, 2.75) is 51.5 Å². The topological polar surface area (TPSA) is 75.6 Å². The average Bonchev–Trinajstić information content (AvgIpc) is 3.09. The molecule has 29 heavy (non-hydrogen) atoms. The predicted molar refractivity (Wildman–Crippen MR) is 116 cm³/mol. The molecule has 0 saturated carbocycles. The van der Waals surface area contributed by atoms with E-state index in [0.29, 0.717) is 43.5 Å². The van der Waals surface area contributed by atoms with E-state index in [4.69, 9.17) is 4.74 Å². The van der Waals surface area contributed by atoms with Gasteiger partial charge in [0.1, 0.15) is 6.61 Å². The van der Waals surface area contributed by atoms with Crippen LogP contribution in [0.4, 0.5) is 5.13 Å². The molecule has 0 aliphatic carbocycles. The van der Waals surface area contributed by atoms with Gasteiger partial charge in [-0.3, -0.25) is 0 Å². The molecule has 1 fully saturated rings. The molecule has 0 unspecified atom stereocenters. The molecular weight excluding hydrogens is 408 g/mol. The van der Waals surface area contributed by atoms with Gasteiger partial charge in [-0.15, -0.1) is 0 Å². The Kier molecular flexibility index (Phi) is 6.33. The van der Waals surface area contributed by atoms with Gasteiger partial charge >= 0.3 is 0 Å². The van der Waals surface area contributed by atoms with E-state index in [-0.39, 0.29) is 5.41 Å². The highest BCUT2D eigenvalue weighted by Gasteiger charge is 2.32. The molecule has 2 aromatic rings. The third-order valence-electron chi connectivity index (χ3n) is 5.16. The summed E-state index contributed by atoms with van der Waals surface area (Å²) in [6.45, 7) is 12.6. The summed E-state index contributed by atoms with van der Waals surface area (Å²) in [5.74, 6) is 0.660. The summed E-state index contributed by atoms with van der Waals surface area (Å²) in [4.78, 5) is 7.00. The number of anilines is 1. The highest BCUT2D eigenvalue weighted by Crippen LogP contribution is 2.31. The largest absolute Gasteiger partial charge is 0.377 e. The van der Waals surface area contributed by atoms with Crippen LogP contribution in [0.5, 0.6) is 0 Å². The third-order valence-corrected chi connectivity index (χ3v) is 8.18. The number of hydrogen-bond donors (Lipinski definition) is 0. The molecule has 0 bridgehead atoms.